The summed E-state index contributed by atoms with van der Waals surface area (Å²) in [5.41, 5.74) is 1.27. The molecule has 8 nitrogen and oxygen atoms in total. The largest absolute Gasteiger partial charge is 0.361 e. The van der Waals surface area contributed by atoms with Gasteiger partial charge in [0, 0.05) is 30.0 Å². The first-order valence-corrected chi connectivity index (χ1v) is 9.69. The minimum atomic E-state index is -0.200. The third-order valence-electron chi connectivity index (χ3n) is 4.78. The minimum absolute atomic E-state index is 0.144. The number of thiazole rings is 1. The number of amides is 3. The molecule has 3 heterocycles. The predicted molar refractivity (Wildman–Crippen MR) is 96.2 cm³/mol. The van der Waals surface area contributed by atoms with E-state index in [0.717, 1.165) is 23.4 Å². The molecule has 1 fully saturated rings. The predicted octanol–water partition coefficient (Wildman–Crippen LogP) is 2.70. The Morgan fingerprint density at radius 3 is 2.88 bits per heavy atom. The van der Waals surface area contributed by atoms with Crippen LogP contribution in [-0.2, 0) is 13.0 Å². The molecule has 0 atom stereocenters. The van der Waals surface area contributed by atoms with Crippen molar-refractivity contribution in [2.24, 2.45) is 0 Å². The van der Waals surface area contributed by atoms with Crippen molar-refractivity contribution in [3.63, 3.8) is 0 Å². The Hall–Kier alpha value is -2.42. The maximum atomic E-state index is 12.5. The molecule has 0 unspecified atom stereocenters. The van der Waals surface area contributed by atoms with Crippen LogP contribution in [0.25, 0.3) is 0 Å². The van der Waals surface area contributed by atoms with Crippen LogP contribution in [0.4, 0.5) is 9.93 Å². The molecule has 9 heteroatoms. The Bertz CT molecular complexity index is 824. The van der Waals surface area contributed by atoms with Crippen LogP contribution in [0.3, 0.4) is 0 Å². The van der Waals surface area contributed by atoms with Crippen molar-refractivity contribution in [3.8, 4) is 0 Å². The number of nitrogens with zero attached hydrogens (tertiary/aromatic N) is 3. The third kappa shape index (κ3) is 3.57. The first-order chi connectivity index (χ1) is 12.6. The molecule has 1 saturated carbocycles. The van der Waals surface area contributed by atoms with Crippen molar-refractivity contribution >= 4 is 28.4 Å². The number of rotatable bonds is 3. The van der Waals surface area contributed by atoms with Crippen LogP contribution in [0.5, 0.6) is 0 Å². The molecule has 0 spiro atoms. The molecule has 0 bridgehead atoms. The Balaban J connectivity index is 1.38. The van der Waals surface area contributed by atoms with Crippen molar-refractivity contribution in [3.05, 3.63) is 28.1 Å². The summed E-state index contributed by atoms with van der Waals surface area (Å²) in [5, 5.41) is 10.2. The van der Waals surface area contributed by atoms with E-state index < -0.39 is 0 Å². The molecule has 2 aromatic heterocycles. The van der Waals surface area contributed by atoms with E-state index in [2.05, 4.69) is 20.8 Å². The van der Waals surface area contributed by atoms with Gasteiger partial charge in [-0.15, -0.1) is 0 Å². The van der Waals surface area contributed by atoms with Crippen molar-refractivity contribution in [1.82, 2.24) is 20.4 Å². The maximum absolute atomic E-state index is 12.5. The molecule has 4 rings (SSSR count). The van der Waals surface area contributed by atoms with Crippen LogP contribution < -0.4 is 10.6 Å². The normalized spacial score (nSPS) is 17.2. The lowest BCUT2D eigenvalue weighted by Gasteiger charge is -2.25. The molecule has 1 aliphatic carbocycles. The van der Waals surface area contributed by atoms with E-state index in [0.29, 0.717) is 36.1 Å². The van der Waals surface area contributed by atoms with Gasteiger partial charge in [-0.25, -0.2) is 9.78 Å². The SMILES string of the molecule is Cc1cc(C(=O)N2CCc3nc(NC(=O)NC4CCCC4)sc3C2)no1. The summed E-state index contributed by atoms with van der Waals surface area (Å²) in [6.45, 7) is 2.81. The van der Waals surface area contributed by atoms with Gasteiger partial charge in [0.25, 0.3) is 5.91 Å². The fourth-order valence-electron chi connectivity index (χ4n) is 3.44. The number of nitrogens with one attached hydrogen (secondary N) is 2. The highest BCUT2D eigenvalue weighted by Gasteiger charge is 2.27. The van der Waals surface area contributed by atoms with Crippen LogP contribution in [0, 0.1) is 6.92 Å². The van der Waals surface area contributed by atoms with Crippen molar-refractivity contribution < 1.29 is 14.1 Å². The van der Waals surface area contributed by atoms with E-state index in [1.54, 1.807) is 17.9 Å². The van der Waals surface area contributed by atoms with Crippen molar-refractivity contribution in [2.45, 2.75) is 51.6 Å². The number of anilines is 1. The number of carbonyl (C=O) groups excluding carboxylic acids is 2. The molecule has 138 valence electrons. The maximum Gasteiger partial charge on any atom is 0.321 e. The molecule has 1 aliphatic heterocycles. The summed E-state index contributed by atoms with van der Waals surface area (Å²) in [4.78, 5) is 31.9. The summed E-state index contributed by atoms with van der Waals surface area (Å²) < 4.78 is 4.99. The van der Waals surface area contributed by atoms with E-state index in [-0.39, 0.29) is 18.0 Å². The van der Waals surface area contributed by atoms with E-state index in [9.17, 15) is 9.59 Å². The van der Waals surface area contributed by atoms with Gasteiger partial charge in [-0.05, 0) is 19.8 Å². The summed E-state index contributed by atoms with van der Waals surface area (Å²) >= 11 is 1.42. The second-order valence-corrected chi connectivity index (χ2v) is 7.85. The van der Waals surface area contributed by atoms with Crippen molar-refractivity contribution in [1.29, 1.82) is 0 Å². The first-order valence-electron chi connectivity index (χ1n) is 8.87. The van der Waals surface area contributed by atoms with Gasteiger partial charge in [0.05, 0.1) is 12.2 Å². The second-order valence-electron chi connectivity index (χ2n) is 6.77. The lowest BCUT2D eigenvalue weighted by Crippen LogP contribution is -2.36. The molecule has 26 heavy (non-hydrogen) atoms. The molecule has 2 aromatic rings. The monoisotopic (exact) mass is 375 g/mol. The van der Waals surface area contributed by atoms with Crippen LogP contribution in [0.15, 0.2) is 10.6 Å². The Morgan fingerprint density at radius 1 is 1.35 bits per heavy atom. The van der Waals surface area contributed by atoms with E-state index in [1.165, 1.54) is 24.2 Å². The zero-order valence-electron chi connectivity index (χ0n) is 14.6. The smallest absolute Gasteiger partial charge is 0.321 e. The molecular weight excluding hydrogens is 354 g/mol. The van der Waals surface area contributed by atoms with Crippen molar-refractivity contribution in [2.75, 3.05) is 11.9 Å². The van der Waals surface area contributed by atoms with E-state index in [4.69, 9.17) is 4.52 Å². The quantitative estimate of drug-likeness (QED) is 0.859. The molecular formula is C17H21N5O3S. The highest BCUT2D eigenvalue weighted by molar-refractivity contribution is 7.15. The van der Waals surface area contributed by atoms with Gasteiger partial charge in [-0.3, -0.25) is 10.1 Å². The Kier molecular flexibility index (Phi) is 4.62. The van der Waals surface area contributed by atoms with Crippen LogP contribution in [-0.4, -0.2) is 39.6 Å². The topological polar surface area (TPSA) is 100 Å². The fourth-order valence-corrected chi connectivity index (χ4v) is 4.46. The van der Waals surface area contributed by atoms with Gasteiger partial charge in [0.1, 0.15) is 5.76 Å². The zero-order chi connectivity index (χ0) is 18.1. The molecule has 0 radical (unpaired) electrons. The van der Waals surface area contributed by atoms with Gasteiger partial charge in [-0.1, -0.05) is 29.3 Å². The minimum Gasteiger partial charge on any atom is -0.361 e. The van der Waals surface area contributed by atoms with Gasteiger partial charge in [-0.2, -0.15) is 0 Å². The number of aryl methyl sites for hydroxylation is 1. The average Bonchev–Trinajstić information content (AvgIpc) is 3.34. The molecule has 0 aromatic carbocycles. The Labute approximate surface area is 154 Å². The van der Waals surface area contributed by atoms with Gasteiger partial charge in [0.2, 0.25) is 0 Å². The summed E-state index contributed by atoms with van der Waals surface area (Å²) in [5.74, 6) is 0.470. The number of carbonyl (C=O) groups is 2. The first kappa shape index (κ1) is 17.0. The lowest BCUT2D eigenvalue weighted by atomic mass is 10.1. The second kappa shape index (κ2) is 7.06. The third-order valence-corrected chi connectivity index (χ3v) is 5.77. The van der Waals surface area contributed by atoms with Gasteiger partial charge >= 0.3 is 6.03 Å². The van der Waals surface area contributed by atoms with Gasteiger partial charge < -0.3 is 14.7 Å². The molecule has 0 saturated heterocycles. The van der Waals surface area contributed by atoms with Gasteiger partial charge in [0.15, 0.2) is 10.8 Å². The van der Waals surface area contributed by atoms with Crippen LogP contribution >= 0.6 is 11.3 Å². The number of hydrogen-bond donors (Lipinski definition) is 2. The highest BCUT2D eigenvalue weighted by Crippen LogP contribution is 2.29. The fraction of sp³-hybridized carbons (Fsp3) is 0.529. The standard InChI is InChI=1S/C17H21N5O3S/c1-10-8-13(21-25-10)15(23)22-7-6-12-14(9-22)26-17(19-12)20-16(24)18-11-4-2-3-5-11/h8,11H,2-7,9H2,1H3,(H2,18,19,20,24). The number of urea groups is 1. The lowest BCUT2D eigenvalue weighted by molar-refractivity contribution is 0.0725. The number of fused-ring (bicyclic) bond motifs is 1. The van der Waals surface area contributed by atoms with E-state index >= 15 is 0 Å². The zero-order valence-corrected chi connectivity index (χ0v) is 15.4. The average molecular weight is 375 g/mol. The molecule has 2 N–H and O–H groups in total. The molecule has 2 aliphatic rings. The summed E-state index contributed by atoms with van der Waals surface area (Å²) in [7, 11) is 0. The highest BCUT2D eigenvalue weighted by atomic mass is 32.1. The van der Waals surface area contributed by atoms with E-state index in [1.807, 2.05) is 0 Å². The Morgan fingerprint density at radius 2 is 2.15 bits per heavy atom. The van der Waals surface area contributed by atoms with Crippen LogP contribution in [0.1, 0.15) is 52.5 Å². The summed E-state index contributed by atoms with van der Waals surface area (Å²) in [6.07, 6.45) is 5.10. The van der Waals surface area contributed by atoms with Crippen LogP contribution in [0.2, 0.25) is 0 Å². The molecule has 3 amide bonds. The number of hydrogen-bond acceptors (Lipinski definition) is 6. The number of aromatic nitrogens is 2. The summed E-state index contributed by atoms with van der Waals surface area (Å²) in [6, 6.07) is 1.71.